The quantitative estimate of drug-likeness (QED) is 0.794. The molecule has 1 aromatic heterocycles. The van der Waals surface area contributed by atoms with E-state index < -0.39 is 17.3 Å². The Morgan fingerprint density at radius 3 is 2.68 bits per heavy atom. The second-order valence-corrected chi connectivity index (χ2v) is 5.73. The van der Waals surface area contributed by atoms with E-state index in [2.05, 4.69) is 4.98 Å². The van der Waals surface area contributed by atoms with Crippen molar-refractivity contribution in [2.75, 3.05) is 14.2 Å². The summed E-state index contributed by atoms with van der Waals surface area (Å²) in [5.74, 6) is -0.781. The van der Waals surface area contributed by atoms with Gasteiger partial charge in [0, 0.05) is 19.1 Å². The summed E-state index contributed by atoms with van der Waals surface area (Å²) >= 11 is 0. The minimum atomic E-state index is -0.496. The van der Waals surface area contributed by atoms with E-state index in [-0.39, 0.29) is 17.9 Å². The highest BCUT2D eigenvalue weighted by molar-refractivity contribution is 5.97. The van der Waals surface area contributed by atoms with Gasteiger partial charge in [0.2, 0.25) is 0 Å². The maximum Gasteiger partial charge on any atom is 0.261 e. The number of halogens is 1. The standard InChI is InChI=1S/C19H17FN2O3/c1-22(11-12-7-8-17(25-2)15(20)9-12)19(24)14-10-13-5-3-4-6-16(13)21-18(14)23/h3-10H,11H2,1-2H3,(H,21,23). The second kappa shape index (κ2) is 6.76. The number of fused-ring (bicyclic) bond motifs is 1. The highest BCUT2D eigenvalue weighted by atomic mass is 19.1. The Labute approximate surface area is 143 Å². The Hall–Kier alpha value is -3.15. The molecule has 1 heterocycles. The zero-order valence-corrected chi connectivity index (χ0v) is 13.9. The van der Waals surface area contributed by atoms with E-state index in [0.29, 0.717) is 11.1 Å². The normalized spacial score (nSPS) is 10.7. The molecule has 3 aromatic rings. The first kappa shape index (κ1) is 16.7. The molecule has 2 aromatic carbocycles. The number of rotatable bonds is 4. The van der Waals surface area contributed by atoms with Crippen molar-refractivity contribution in [2.45, 2.75) is 6.54 Å². The van der Waals surface area contributed by atoms with Crippen LogP contribution in [0.3, 0.4) is 0 Å². The van der Waals surface area contributed by atoms with Crippen LogP contribution >= 0.6 is 0 Å². The molecule has 0 spiro atoms. The van der Waals surface area contributed by atoms with Crippen LogP contribution in [0.2, 0.25) is 0 Å². The molecule has 6 heteroatoms. The van der Waals surface area contributed by atoms with Crippen LogP contribution in [0.5, 0.6) is 5.75 Å². The second-order valence-electron chi connectivity index (χ2n) is 5.73. The molecule has 0 aliphatic heterocycles. The van der Waals surface area contributed by atoms with Gasteiger partial charge in [-0.25, -0.2) is 4.39 Å². The number of nitrogens with zero attached hydrogens (tertiary/aromatic N) is 1. The third kappa shape index (κ3) is 3.38. The van der Waals surface area contributed by atoms with Gasteiger partial charge in [-0.15, -0.1) is 0 Å². The first-order valence-electron chi connectivity index (χ1n) is 7.69. The number of hydrogen-bond acceptors (Lipinski definition) is 3. The number of H-pyrrole nitrogens is 1. The van der Waals surface area contributed by atoms with Crippen LogP contribution in [0.4, 0.5) is 4.39 Å². The van der Waals surface area contributed by atoms with Crippen LogP contribution in [0.1, 0.15) is 15.9 Å². The summed E-state index contributed by atoms with van der Waals surface area (Å²) < 4.78 is 18.7. The van der Waals surface area contributed by atoms with E-state index in [0.717, 1.165) is 5.39 Å². The average molecular weight is 340 g/mol. The maximum absolute atomic E-state index is 13.8. The van der Waals surface area contributed by atoms with Crippen molar-refractivity contribution >= 4 is 16.8 Å². The first-order valence-corrected chi connectivity index (χ1v) is 7.69. The van der Waals surface area contributed by atoms with Gasteiger partial charge in [-0.1, -0.05) is 24.3 Å². The molecule has 5 nitrogen and oxygen atoms in total. The number of methoxy groups -OCH3 is 1. The Balaban J connectivity index is 1.86. The monoisotopic (exact) mass is 340 g/mol. The number of hydrogen-bond donors (Lipinski definition) is 1. The highest BCUT2D eigenvalue weighted by Gasteiger charge is 2.17. The van der Waals surface area contributed by atoms with Crippen LogP contribution in [-0.2, 0) is 6.54 Å². The van der Waals surface area contributed by atoms with Crippen molar-refractivity contribution in [3.63, 3.8) is 0 Å². The van der Waals surface area contributed by atoms with Gasteiger partial charge in [0.1, 0.15) is 5.56 Å². The number of carbonyl (C=O) groups excluding carboxylic acids is 1. The van der Waals surface area contributed by atoms with Crippen LogP contribution in [-0.4, -0.2) is 29.9 Å². The molecule has 128 valence electrons. The predicted molar refractivity (Wildman–Crippen MR) is 93.3 cm³/mol. The summed E-state index contributed by atoms with van der Waals surface area (Å²) in [6.45, 7) is 0.173. The van der Waals surface area contributed by atoms with E-state index in [4.69, 9.17) is 4.74 Å². The molecule has 1 N–H and O–H groups in total. The third-order valence-corrected chi connectivity index (χ3v) is 3.97. The lowest BCUT2D eigenvalue weighted by molar-refractivity contribution is 0.0783. The van der Waals surface area contributed by atoms with Crippen LogP contribution in [0, 0.1) is 5.82 Å². The molecule has 3 rings (SSSR count). The summed E-state index contributed by atoms with van der Waals surface area (Å²) in [4.78, 5) is 28.9. The van der Waals surface area contributed by atoms with Gasteiger partial charge < -0.3 is 14.6 Å². The van der Waals surface area contributed by atoms with Gasteiger partial charge in [-0.3, -0.25) is 9.59 Å². The van der Waals surface area contributed by atoms with E-state index >= 15 is 0 Å². The van der Waals surface area contributed by atoms with E-state index in [9.17, 15) is 14.0 Å². The lowest BCUT2D eigenvalue weighted by Gasteiger charge is -2.17. The van der Waals surface area contributed by atoms with E-state index in [1.54, 1.807) is 25.2 Å². The summed E-state index contributed by atoms with van der Waals surface area (Å²) in [5, 5.41) is 0.773. The van der Waals surface area contributed by atoms with Crippen molar-refractivity contribution in [3.05, 3.63) is 75.8 Å². The summed E-state index contributed by atoms with van der Waals surface area (Å²) in [6, 6.07) is 13.3. The molecule has 0 bridgehead atoms. The SMILES string of the molecule is COc1ccc(CN(C)C(=O)c2cc3ccccc3[nH]c2=O)cc1F. The Morgan fingerprint density at radius 1 is 1.20 bits per heavy atom. The van der Waals surface area contributed by atoms with E-state index in [1.807, 2.05) is 18.2 Å². The zero-order chi connectivity index (χ0) is 18.0. The lowest BCUT2D eigenvalue weighted by Crippen LogP contribution is -2.31. The molecule has 0 unspecified atom stereocenters. The number of carbonyl (C=O) groups is 1. The van der Waals surface area contributed by atoms with Crippen molar-refractivity contribution < 1.29 is 13.9 Å². The molecule has 0 radical (unpaired) electrons. The number of amides is 1. The van der Waals surface area contributed by atoms with Crippen molar-refractivity contribution in [3.8, 4) is 5.75 Å². The molecule has 0 atom stereocenters. The number of nitrogens with one attached hydrogen (secondary N) is 1. The van der Waals surface area contributed by atoms with Crippen molar-refractivity contribution in [2.24, 2.45) is 0 Å². The molecule has 0 fully saturated rings. The fraction of sp³-hybridized carbons (Fsp3) is 0.158. The zero-order valence-electron chi connectivity index (χ0n) is 13.9. The number of para-hydroxylation sites is 1. The molecule has 0 aliphatic rings. The topological polar surface area (TPSA) is 62.4 Å². The summed E-state index contributed by atoms with van der Waals surface area (Å²) in [5.41, 5.74) is 0.877. The van der Waals surface area contributed by atoms with Crippen LogP contribution in [0.25, 0.3) is 10.9 Å². The summed E-state index contributed by atoms with van der Waals surface area (Å²) in [7, 11) is 2.96. The number of pyridine rings is 1. The first-order chi connectivity index (χ1) is 12.0. The van der Waals surface area contributed by atoms with Crippen LogP contribution < -0.4 is 10.3 Å². The Morgan fingerprint density at radius 2 is 1.96 bits per heavy atom. The molecule has 25 heavy (non-hydrogen) atoms. The van der Waals surface area contributed by atoms with Crippen molar-refractivity contribution in [1.29, 1.82) is 0 Å². The minimum absolute atomic E-state index is 0.0511. The van der Waals surface area contributed by atoms with Gasteiger partial charge in [-0.2, -0.15) is 0 Å². The van der Waals surface area contributed by atoms with Crippen molar-refractivity contribution in [1.82, 2.24) is 9.88 Å². The fourth-order valence-electron chi connectivity index (χ4n) is 2.67. The highest BCUT2D eigenvalue weighted by Crippen LogP contribution is 2.19. The van der Waals surface area contributed by atoms with Crippen LogP contribution in [0.15, 0.2) is 53.3 Å². The number of aromatic nitrogens is 1. The molecular formula is C19H17FN2O3. The van der Waals surface area contributed by atoms with Gasteiger partial charge in [0.05, 0.1) is 7.11 Å². The Kier molecular flexibility index (Phi) is 4.52. The number of benzene rings is 2. The van der Waals surface area contributed by atoms with E-state index in [1.165, 1.54) is 24.1 Å². The summed E-state index contributed by atoms with van der Waals surface area (Å²) in [6.07, 6.45) is 0. The number of ether oxygens (including phenoxy) is 1. The molecule has 0 saturated heterocycles. The fourth-order valence-corrected chi connectivity index (χ4v) is 2.67. The maximum atomic E-state index is 13.8. The average Bonchev–Trinajstić information content (AvgIpc) is 2.60. The number of aromatic amines is 1. The van der Waals surface area contributed by atoms with Gasteiger partial charge in [0.15, 0.2) is 11.6 Å². The lowest BCUT2D eigenvalue weighted by atomic mass is 10.1. The third-order valence-electron chi connectivity index (χ3n) is 3.97. The smallest absolute Gasteiger partial charge is 0.261 e. The largest absolute Gasteiger partial charge is 0.494 e. The Bertz CT molecular complexity index is 997. The van der Waals surface area contributed by atoms with Gasteiger partial charge in [-0.05, 0) is 35.2 Å². The predicted octanol–water partition coefficient (Wildman–Crippen LogP) is 2.95. The minimum Gasteiger partial charge on any atom is -0.494 e. The molecule has 1 amide bonds. The van der Waals surface area contributed by atoms with Gasteiger partial charge >= 0.3 is 0 Å². The molecular weight excluding hydrogens is 323 g/mol. The van der Waals surface area contributed by atoms with Gasteiger partial charge in [0.25, 0.3) is 11.5 Å². The molecule has 0 saturated carbocycles. The molecule has 0 aliphatic carbocycles.